The number of rotatable bonds is 7. The molecule has 1 heterocycles. The Bertz CT molecular complexity index is 243. The Kier molecular flexibility index (Phi) is 7.90. The zero-order chi connectivity index (χ0) is 14.2. The van der Waals surface area contributed by atoms with E-state index >= 15 is 0 Å². The molecule has 1 saturated heterocycles. The summed E-state index contributed by atoms with van der Waals surface area (Å²) in [6, 6.07) is 0. The van der Waals surface area contributed by atoms with Crippen LogP contribution < -0.4 is 0 Å². The van der Waals surface area contributed by atoms with Crippen LogP contribution in [0.15, 0.2) is 0 Å². The van der Waals surface area contributed by atoms with E-state index in [2.05, 4.69) is 22.9 Å². The summed E-state index contributed by atoms with van der Waals surface area (Å²) >= 11 is 3.71. The van der Waals surface area contributed by atoms with E-state index in [0.29, 0.717) is 11.8 Å². The van der Waals surface area contributed by atoms with E-state index in [1.54, 1.807) is 0 Å². The Morgan fingerprint density at radius 2 is 1.55 bits per heavy atom. The molecule has 0 atom stereocenters. The van der Waals surface area contributed by atoms with E-state index in [9.17, 15) is 0 Å². The molecule has 1 aliphatic carbocycles. The molecule has 1 aliphatic heterocycles. The van der Waals surface area contributed by atoms with Crippen LogP contribution in [0.1, 0.15) is 71.1 Å². The molecule has 2 aliphatic rings. The SMILES string of the molecule is CCCCCCC[C@H]1CO[C@H](C2CCC(Br)CC2)OC1. The highest BCUT2D eigenvalue weighted by molar-refractivity contribution is 9.09. The van der Waals surface area contributed by atoms with Gasteiger partial charge in [-0.3, -0.25) is 0 Å². The fourth-order valence-electron chi connectivity index (χ4n) is 3.38. The van der Waals surface area contributed by atoms with E-state index in [1.807, 2.05) is 0 Å². The molecule has 3 heteroatoms. The maximum atomic E-state index is 6.01. The van der Waals surface area contributed by atoms with Crippen molar-refractivity contribution < 1.29 is 9.47 Å². The van der Waals surface area contributed by atoms with Gasteiger partial charge in [-0.2, -0.15) is 0 Å². The second-order valence-corrected chi connectivity index (χ2v) is 7.91. The van der Waals surface area contributed by atoms with Gasteiger partial charge in [-0.15, -0.1) is 0 Å². The highest BCUT2D eigenvalue weighted by Gasteiger charge is 2.31. The van der Waals surface area contributed by atoms with Crippen LogP contribution in [-0.4, -0.2) is 24.3 Å². The van der Waals surface area contributed by atoms with Crippen LogP contribution in [0, 0.1) is 11.8 Å². The quantitative estimate of drug-likeness (QED) is 0.460. The number of unbranched alkanes of at least 4 members (excludes halogenated alkanes) is 4. The van der Waals surface area contributed by atoms with Gasteiger partial charge in [0.25, 0.3) is 0 Å². The van der Waals surface area contributed by atoms with Gasteiger partial charge in [0.15, 0.2) is 6.29 Å². The molecule has 0 radical (unpaired) electrons. The van der Waals surface area contributed by atoms with Crippen molar-refractivity contribution in [3.8, 4) is 0 Å². The second kappa shape index (κ2) is 9.42. The van der Waals surface area contributed by atoms with Crippen LogP contribution in [0.3, 0.4) is 0 Å². The molecule has 20 heavy (non-hydrogen) atoms. The molecule has 0 amide bonds. The summed E-state index contributed by atoms with van der Waals surface area (Å²) in [5.41, 5.74) is 0. The van der Waals surface area contributed by atoms with Crippen molar-refractivity contribution in [3.05, 3.63) is 0 Å². The van der Waals surface area contributed by atoms with Crippen molar-refractivity contribution in [1.29, 1.82) is 0 Å². The third kappa shape index (κ3) is 5.65. The standard InChI is InChI=1S/C17H31BrO2/c1-2-3-4-5-6-7-14-12-19-17(20-13-14)15-8-10-16(18)11-9-15/h14-17H,2-13H2,1H3/t14-,15?,16?,17-. The zero-order valence-electron chi connectivity index (χ0n) is 13.0. The molecule has 0 bridgehead atoms. The Labute approximate surface area is 133 Å². The molecular formula is C17H31BrO2. The van der Waals surface area contributed by atoms with Crippen LogP contribution in [0.25, 0.3) is 0 Å². The van der Waals surface area contributed by atoms with Gasteiger partial charge in [-0.1, -0.05) is 55.0 Å². The average molecular weight is 347 g/mol. The molecule has 118 valence electrons. The molecule has 0 N–H and O–H groups in total. The first-order valence-electron chi connectivity index (χ1n) is 8.67. The maximum Gasteiger partial charge on any atom is 0.160 e. The molecule has 0 aromatic heterocycles. The van der Waals surface area contributed by atoms with Crippen molar-refractivity contribution in [2.45, 2.75) is 82.2 Å². The van der Waals surface area contributed by atoms with Crippen LogP contribution in [0.4, 0.5) is 0 Å². The fourth-order valence-corrected chi connectivity index (χ4v) is 3.91. The largest absolute Gasteiger partial charge is 0.352 e. The van der Waals surface area contributed by atoms with Crippen LogP contribution >= 0.6 is 15.9 Å². The molecular weight excluding hydrogens is 316 g/mol. The van der Waals surface area contributed by atoms with Crippen molar-refractivity contribution in [2.75, 3.05) is 13.2 Å². The Balaban J connectivity index is 1.55. The third-order valence-corrected chi connectivity index (χ3v) is 5.71. The fraction of sp³-hybridized carbons (Fsp3) is 1.00. The minimum absolute atomic E-state index is 0.0892. The minimum atomic E-state index is 0.0892. The molecule has 2 fully saturated rings. The van der Waals surface area contributed by atoms with Crippen LogP contribution in [-0.2, 0) is 9.47 Å². The van der Waals surface area contributed by atoms with Gasteiger partial charge < -0.3 is 9.47 Å². The molecule has 0 aromatic rings. The highest BCUT2D eigenvalue weighted by Crippen LogP contribution is 2.34. The number of ether oxygens (including phenoxy) is 2. The lowest BCUT2D eigenvalue weighted by atomic mass is 9.88. The van der Waals surface area contributed by atoms with Gasteiger partial charge in [-0.25, -0.2) is 0 Å². The first-order chi connectivity index (χ1) is 9.79. The Hall–Kier alpha value is 0.400. The second-order valence-electron chi connectivity index (χ2n) is 6.62. The van der Waals surface area contributed by atoms with Crippen molar-refractivity contribution in [3.63, 3.8) is 0 Å². The maximum absolute atomic E-state index is 6.01. The van der Waals surface area contributed by atoms with E-state index < -0.39 is 0 Å². The summed E-state index contributed by atoms with van der Waals surface area (Å²) in [5.74, 6) is 1.27. The van der Waals surface area contributed by atoms with Crippen LogP contribution in [0.2, 0.25) is 0 Å². The van der Waals surface area contributed by atoms with Crippen molar-refractivity contribution >= 4 is 15.9 Å². The zero-order valence-corrected chi connectivity index (χ0v) is 14.6. The lowest BCUT2D eigenvalue weighted by Gasteiger charge is -2.36. The van der Waals surface area contributed by atoms with E-state index in [-0.39, 0.29) is 6.29 Å². The summed E-state index contributed by atoms with van der Waals surface area (Å²) in [7, 11) is 0. The third-order valence-electron chi connectivity index (χ3n) is 4.79. The first kappa shape index (κ1) is 16.8. The van der Waals surface area contributed by atoms with Gasteiger partial charge in [0.2, 0.25) is 0 Å². The summed E-state index contributed by atoms with van der Waals surface area (Å²) in [5, 5.41) is 0. The molecule has 0 unspecified atom stereocenters. The van der Waals surface area contributed by atoms with Crippen LogP contribution in [0.5, 0.6) is 0 Å². The topological polar surface area (TPSA) is 18.5 Å². The first-order valence-corrected chi connectivity index (χ1v) is 9.58. The van der Waals surface area contributed by atoms with E-state index in [1.165, 1.54) is 64.2 Å². The Morgan fingerprint density at radius 3 is 2.20 bits per heavy atom. The number of hydrogen-bond donors (Lipinski definition) is 0. The van der Waals surface area contributed by atoms with E-state index in [0.717, 1.165) is 18.0 Å². The van der Waals surface area contributed by atoms with Gasteiger partial charge in [-0.05, 0) is 32.1 Å². The summed E-state index contributed by atoms with van der Waals surface area (Å²) in [6.45, 7) is 4.12. The number of hydrogen-bond acceptors (Lipinski definition) is 2. The molecule has 2 rings (SSSR count). The monoisotopic (exact) mass is 346 g/mol. The van der Waals surface area contributed by atoms with Gasteiger partial charge in [0.05, 0.1) is 13.2 Å². The van der Waals surface area contributed by atoms with Crippen molar-refractivity contribution in [2.24, 2.45) is 11.8 Å². The number of alkyl halides is 1. The van der Waals surface area contributed by atoms with E-state index in [4.69, 9.17) is 9.47 Å². The predicted octanol–water partition coefficient (Wildman–Crippen LogP) is 5.29. The summed E-state index contributed by atoms with van der Waals surface area (Å²) in [4.78, 5) is 0.721. The minimum Gasteiger partial charge on any atom is -0.352 e. The number of halogens is 1. The predicted molar refractivity (Wildman–Crippen MR) is 87.2 cm³/mol. The normalized spacial score (nSPS) is 35.1. The molecule has 0 spiro atoms. The van der Waals surface area contributed by atoms with Gasteiger partial charge in [0.1, 0.15) is 0 Å². The lowest BCUT2D eigenvalue weighted by molar-refractivity contribution is -0.228. The summed E-state index contributed by atoms with van der Waals surface area (Å²) in [6.07, 6.45) is 13.2. The molecule has 0 aromatic carbocycles. The molecule has 1 saturated carbocycles. The van der Waals surface area contributed by atoms with Gasteiger partial charge in [0, 0.05) is 16.7 Å². The summed E-state index contributed by atoms with van der Waals surface area (Å²) < 4.78 is 12.0. The van der Waals surface area contributed by atoms with Gasteiger partial charge >= 0.3 is 0 Å². The lowest BCUT2D eigenvalue weighted by Crippen LogP contribution is -2.38. The van der Waals surface area contributed by atoms with Crippen molar-refractivity contribution in [1.82, 2.24) is 0 Å². The Morgan fingerprint density at radius 1 is 0.900 bits per heavy atom. The average Bonchev–Trinajstić information content (AvgIpc) is 2.49. The smallest absolute Gasteiger partial charge is 0.160 e. The highest BCUT2D eigenvalue weighted by atomic mass is 79.9. The molecule has 2 nitrogen and oxygen atoms in total.